The van der Waals surface area contributed by atoms with Crippen LogP contribution in [0.4, 0.5) is 0 Å². The number of hydrogen-bond acceptors (Lipinski definition) is 5. The molecule has 0 saturated carbocycles. The van der Waals surface area contributed by atoms with Gasteiger partial charge in [-0.15, -0.1) is 11.3 Å². The second-order valence-electron chi connectivity index (χ2n) is 3.72. The van der Waals surface area contributed by atoms with Crippen LogP contribution in [-0.2, 0) is 16.1 Å². The molecule has 2 heterocycles. The maximum absolute atomic E-state index is 11.9. The van der Waals surface area contributed by atoms with Gasteiger partial charge in [-0.2, -0.15) is 0 Å². The molecule has 2 rings (SSSR count). The van der Waals surface area contributed by atoms with E-state index < -0.39 is 0 Å². The minimum absolute atomic E-state index is 0.0465. The Kier molecular flexibility index (Phi) is 3.87. The van der Waals surface area contributed by atoms with Crippen LogP contribution in [0.2, 0.25) is 0 Å². The minimum Gasteiger partial charge on any atom is -0.379 e. The van der Waals surface area contributed by atoms with Crippen LogP contribution in [0.15, 0.2) is 11.7 Å². The van der Waals surface area contributed by atoms with Crippen molar-refractivity contribution in [3.05, 3.63) is 16.6 Å². The number of ether oxygens (including phenoxy) is 1. The van der Waals surface area contributed by atoms with Gasteiger partial charge in [0, 0.05) is 17.1 Å². The molecule has 1 saturated heterocycles. The molecule has 16 heavy (non-hydrogen) atoms. The zero-order valence-electron chi connectivity index (χ0n) is 9.10. The Balaban J connectivity index is 1.83. The zero-order chi connectivity index (χ0) is 11.4. The predicted molar refractivity (Wildman–Crippen MR) is 61.1 cm³/mol. The Labute approximate surface area is 98.2 Å². The molecule has 0 aromatic carbocycles. The van der Waals surface area contributed by atoms with Gasteiger partial charge in [-0.1, -0.05) is 0 Å². The highest BCUT2D eigenvalue weighted by Gasteiger charge is 2.32. The molecular formula is C10H15N3O2S. The fourth-order valence-corrected chi connectivity index (χ4v) is 2.27. The minimum atomic E-state index is -0.0853. The molecule has 5 nitrogen and oxygen atoms in total. The second-order valence-corrected chi connectivity index (χ2v) is 4.70. The maximum atomic E-state index is 11.9. The lowest BCUT2D eigenvalue weighted by molar-refractivity contribution is -0.125. The Morgan fingerprint density at radius 3 is 3.25 bits per heavy atom. The van der Waals surface area contributed by atoms with Crippen molar-refractivity contribution in [1.82, 2.24) is 15.6 Å². The standard InChI is InChI=1S/C10H15N3O2S/c1-11-9-5-15-4-8(9)10(14)13-3-7-2-12-6-16-7/h2,6,8-9,11H,3-5H2,1H3,(H,13,14). The topological polar surface area (TPSA) is 63.2 Å². The molecule has 6 heteroatoms. The van der Waals surface area contributed by atoms with Gasteiger partial charge in [-0.3, -0.25) is 9.78 Å². The normalized spacial score (nSPS) is 24.6. The number of amides is 1. The second kappa shape index (κ2) is 5.38. The molecule has 0 aliphatic carbocycles. The number of carbonyl (C=O) groups is 1. The van der Waals surface area contributed by atoms with E-state index in [2.05, 4.69) is 15.6 Å². The van der Waals surface area contributed by atoms with Crippen molar-refractivity contribution < 1.29 is 9.53 Å². The molecule has 1 fully saturated rings. The average molecular weight is 241 g/mol. The molecule has 0 spiro atoms. The molecule has 1 aliphatic rings. The lowest BCUT2D eigenvalue weighted by atomic mass is 10.0. The number of nitrogens with zero attached hydrogens (tertiary/aromatic N) is 1. The van der Waals surface area contributed by atoms with Crippen LogP contribution >= 0.6 is 11.3 Å². The number of nitrogens with one attached hydrogen (secondary N) is 2. The lowest BCUT2D eigenvalue weighted by Crippen LogP contribution is -2.42. The van der Waals surface area contributed by atoms with Crippen molar-refractivity contribution in [2.45, 2.75) is 12.6 Å². The maximum Gasteiger partial charge on any atom is 0.227 e. The molecule has 1 amide bonds. The van der Waals surface area contributed by atoms with Crippen LogP contribution in [0.5, 0.6) is 0 Å². The van der Waals surface area contributed by atoms with E-state index in [1.807, 2.05) is 7.05 Å². The molecule has 0 bridgehead atoms. The summed E-state index contributed by atoms with van der Waals surface area (Å²) in [4.78, 5) is 16.9. The Hall–Kier alpha value is -0.980. The number of thiazole rings is 1. The van der Waals surface area contributed by atoms with Gasteiger partial charge in [0.2, 0.25) is 5.91 Å². The molecule has 2 atom stereocenters. The summed E-state index contributed by atoms with van der Waals surface area (Å²) in [6.07, 6.45) is 1.77. The highest BCUT2D eigenvalue weighted by molar-refractivity contribution is 7.09. The van der Waals surface area contributed by atoms with Gasteiger partial charge in [-0.25, -0.2) is 0 Å². The predicted octanol–water partition coefficient (Wildman–Crippen LogP) is -0.00630. The van der Waals surface area contributed by atoms with Crippen LogP contribution < -0.4 is 10.6 Å². The van der Waals surface area contributed by atoms with Crippen LogP contribution in [0.1, 0.15) is 4.88 Å². The Bertz CT molecular complexity index is 342. The summed E-state index contributed by atoms with van der Waals surface area (Å²) in [5.41, 5.74) is 1.76. The van der Waals surface area contributed by atoms with Gasteiger partial charge in [0.25, 0.3) is 0 Å². The SMILES string of the molecule is CNC1COCC1C(=O)NCc1cncs1. The first-order valence-corrected chi connectivity index (χ1v) is 6.09. The highest BCUT2D eigenvalue weighted by Crippen LogP contribution is 2.14. The monoisotopic (exact) mass is 241 g/mol. The fourth-order valence-electron chi connectivity index (χ4n) is 1.73. The number of rotatable bonds is 4. The lowest BCUT2D eigenvalue weighted by Gasteiger charge is -2.15. The van der Waals surface area contributed by atoms with E-state index in [0.29, 0.717) is 19.8 Å². The van der Waals surface area contributed by atoms with Crippen LogP contribution in [0.25, 0.3) is 0 Å². The first kappa shape index (κ1) is 11.5. The fraction of sp³-hybridized carbons (Fsp3) is 0.600. The van der Waals surface area contributed by atoms with E-state index in [0.717, 1.165) is 4.88 Å². The largest absolute Gasteiger partial charge is 0.379 e. The molecule has 0 radical (unpaired) electrons. The summed E-state index contributed by atoms with van der Waals surface area (Å²) in [6, 6.07) is 0.126. The van der Waals surface area contributed by atoms with Crippen molar-refractivity contribution in [3.63, 3.8) is 0 Å². The first-order valence-electron chi connectivity index (χ1n) is 5.21. The summed E-state index contributed by atoms with van der Waals surface area (Å²) < 4.78 is 5.29. The molecule has 1 aromatic heterocycles. The third-order valence-corrected chi connectivity index (χ3v) is 3.49. The summed E-state index contributed by atoms with van der Waals surface area (Å²) in [6.45, 7) is 1.66. The quantitative estimate of drug-likeness (QED) is 0.778. The molecule has 2 N–H and O–H groups in total. The van der Waals surface area contributed by atoms with E-state index in [1.165, 1.54) is 0 Å². The molecular weight excluding hydrogens is 226 g/mol. The summed E-state index contributed by atoms with van der Waals surface area (Å²) in [5.74, 6) is -0.0387. The van der Waals surface area contributed by atoms with E-state index in [1.54, 1.807) is 23.0 Å². The van der Waals surface area contributed by atoms with Crippen molar-refractivity contribution in [2.24, 2.45) is 5.92 Å². The van der Waals surface area contributed by atoms with Gasteiger partial charge in [0.05, 0.1) is 31.2 Å². The van der Waals surface area contributed by atoms with Crippen molar-refractivity contribution >= 4 is 17.2 Å². The third kappa shape index (κ3) is 2.58. The summed E-state index contributed by atoms with van der Waals surface area (Å²) >= 11 is 1.54. The molecule has 88 valence electrons. The Morgan fingerprint density at radius 2 is 2.56 bits per heavy atom. The van der Waals surface area contributed by atoms with Crippen LogP contribution in [-0.4, -0.2) is 37.2 Å². The number of likely N-dealkylation sites (N-methyl/N-ethyl adjacent to an activating group) is 1. The third-order valence-electron chi connectivity index (χ3n) is 2.71. The molecule has 1 aromatic rings. The van der Waals surface area contributed by atoms with E-state index >= 15 is 0 Å². The van der Waals surface area contributed by atoms with E-state index in [9.17, 15) is 4.79 Å². The number of carbonyl (C=O) groups excluding carboxylic acids is 1. The van der Waals surface area contributed by atoms with Gasteiger partial charge in [0.1, 0.15) is 0 Å². The number of aromatic nitrogens is 1. The van der Waals surface area contributed by atoms with Gasteiger partial charge in [-0.05, 0) is 7.05 Å². The van der Waals surface area contributed by atoms with Crippen LogP contribution in [0.3, 0.4) is 0 Å². The van der Waals surface area contributed by atoms with Crippen molar-refractivity contribution in [2.75, 3.05) is 20.3 Å². The molecule has 2 unspecified atom stereocenters. The zero-order valence-corrected chi connectivity index (χ0v) is 9.92. The first-order chi connectivity index (χ1) is 7.81. The van der Waals surface area contributed by atoms with E-state index in [4.69, 9.17) is 4.74 Å². The average Bonchev–Trinajstić information content (AvgIpc) is 2.96. The summed E-state index contributed by atoms with van der Waals surface area (Å²) in [7, 11) is 1.85. The van der Waals surface area contributed by atoms with Gasteiger partial charge >= 0.3 is 0 Å². The number of hydrogen-bond donors (Lipinski definition) is 2. The van der Waals surface area contributed by atoms with Crippen LogP contribution in [0, 0.1) is 5.92 Å². The summed E-state index contributed by atoms with van der Waals surface area (Å²) in [5, 5.41) is 6.00. The Morgan fingerprint density at radius 1 is 1.69 bits per heavy atom. The highest BCUT2D eigenvalue weighted by atomic mass is 32.1. The smallest absolute Gasteiger partial charge is 0.227 e. The molecule has 1 aliphatic heterocycles. The van der Waals surface area contributed by atoms with Gasteiger partial charge < -0.3 is 15.4 Å². The van der Waals surface area contributed by atoms with Crippen molar-refractivity contribution in [1.29, 1.82) is 0 Å². The van der Waals surface area contributed by atoms with Crippen molar-refractivity contribution in [3.8, 4) is 0 Å². The van der Waals surface area contributed by atoms with E-state index in [-0.39, 0.29) is 17.9 Å². The van der Waals surface area contributed by atoms with Gasteiger partial charge in [0.15, 0.2) is 0 Å².